The first-order valence-corrected chi connectivity index (χ1v) is 9.68. The van der Waals surface area contributed by atoms with Crippen LogP contribution in [0.2, 0.25) is 0 Å². The molecule has 0 aliphatic carbocycles. The van der Waals surface area contributed by atoms with E-state index in [-0.39, 0.29) is 36.3 Å². The molecule has 2 heterocycles. The fourth-order valence-corrected chi connectivity index (χ4v) is 3.70. The maximum Gasteiger partial charge on any atom is 0.317 e. The van der Waals surface area contributed by atoms with Gasteiger partial charge in [-0.25, -0.2) is 4.79 Å². The van der Waals surface area contributed by atoms with Gasteiger partial charge >= 0.3 is 12.0 Å². The highest BCUT2D eigenvalue weighted by atomic mass is 16.5. The summed E-state index contributed by atoms with van der Waals surface area (Å²) in [4.78, 5) is 40.3. The van der Waals surface area contributed by atoms with Crippen LogP contribution >= 0.6 is 0 Å². The van der Waals surface area contributed by atoms with Gasteiger partial charge in [0.25, 0.3) is 0 Å². The van der Waals surface area contributed by atoms with Gasteiger partial charge in [-0.2, -0.15) is 0 Å². The number of carbonyl (C=O) groups excluding carboxylic acids is 3. The Bertz CT molecular complexity index is 721. The standard InChI is InChI=1S/C20H27N3O5/c1-3-28-19(25)14-5-4-10-22(12-14)20(26)21-15-11-18(24)23(13-15)16-6-8-17(27-2)9-7-16/h6-9,14-15H,3-5,10-13H2,1-2H3,(H,21,26)/t14-,15-/m0/s1. The summed E-state index contributed by atoms with van der Waals surface area (Å²) >= 11 is 0. The van der Waals surface area contributed by atoms with Crippen molar-refractivity contribution in [2.45, 2.75) is 32.2 Å². The zero-order valence-corrected chi connectivity index (χ0v) is 16.3. The number of benzene rings is 1. The van der Waals surface area contributed by atoms with Crippen LogP contribution in [0.3, 0.4) is 0 Å². The zero-order chi connectivity index (χ0) is 20.1. The second-order valence-electron chi connectivity index (χ2n) is 7.09. The number of hydrogen-bond acceptors (Lipinski definition) is 5. The number of nitrogens with zero attached hydrogens (tertiary/aromatic N) is 2. The SMILES string of the molecule is CCOC(=O)[C@H]1CCCN(C(=O)N[C@H]2CC(=O)N(c3ccc(OC)cc3)C2)C1. The van der Waals surface area contributed by atoms with Crippen LogP contribution in [0.25, 0.3) is 0 Å². The van der Waals surface area contributed by atoms with E-state index in [1.165, 1.54) is 0 Å². The second-order valence-corrected chi connectivity index (χ2v) is 7.09. The summed E-state index contributed by atoms with van der Waals surface area (Å²) in [5.41, 5.74) is 0.780. The maximum absolute atomic E-state index is 12.6. The Morgan fingerprint density at radius 1 is 1.21 bits per heavy atom. The topological polar surface area (TPSA) is 88.2 Å². The lowest BCUT2D eigenvalue weighted by molar-refractivity contribution is -0.149. The van der Waals surface area contributed by atoms with Crippen LogP contribution in [0.4, 0.5) is 10.5 Å². The molecule has 1 aromatic rings. The minimum Gasteiger partial charge on any atom is -0.497 e. The molecule has 3 rings (SSSR count). The highest BCUT2D eigenvalue weighted by Gasteiger charge is 2.34. The van der Waals surface area contributed by atoms with Crippen molar-refractivity contribution in [2.75, 3.05) is 38.3 Å². The number of nitrogens with one attached hydrogen (secondary N) is 1. The molecule has 0 spiro atoms. The first-order valence-electron chi connectivity index (χ1n) is 9.68. The molecule has 1 N–H and O–H groups in total. The summed E-state index contributed by atoms with van der Waals surface area (Å²) in [6, 6.07) is 6.77. The molecule has 0 radical (unpaired) electrons. The highest BCUT2D eigenvalue weighted by Crippen LogP contribution is 2.24. The molecular weight excluding hydrogens is 362 g/mol. The zero-order valence-electron chi connectivity index (χ0n) is 16.3. The van der Waals surface area contributed by atoms with E-state index >= 15 is 0 Å². The van der Waals surface area contributed by atoms with Crippen molar-refractivity contribution in [3.8, 4) is 5.75 Å². The fourth-order valence-electron chi connectivity index (χ4n) is 3.70. The minimum absolute atomic E-state index is 0.0292. The summed E-state index contributed by atoms with van der Waals surface area (Å²) in [7, 11) is 1.59. The molecule has 8 heteroatoms. The number of rotatable bonds is 5. The average molecular weight is 389 g/mol. The summed E-state index contributed by atoms with van der Waals surface area (Å²) < 4.78 is 10.2. The Kier molecular flexibility index (Phi) is 6.38. The molecule has 2 atom stereocenters. The maximum atomic E-state index is 12.6. The van der Waals surface area contributed by atoms with Gasteiger partial charge < -0.3 is 24.6 Å². The summed E-state index contributed by atoms with van der Waals surface area (Å²) in [6.45, 7) is 3.49. The van der Waals surface area contributed by atoms with E-state index in [1.54, 1.807) is 36.0 Å². The van der Waals surface area contributed by atoms with Crippen molar-refractivity contribution < 1.29 is 23.9 Å². The minimum atomic E-state index is -0.277. The van der Waals surface area contributed by atoms with Crippen LogP contribution in [-0.4, -0.2) is 62.2 Å². The smallest absolute Gasteiger partial charge is 0.317 e. The lowest BCUT2D eigenvalue weighted by Gasteiger charge is -2.32. The van der Waals surface area contributed by atoms with Crippen LogP contribution in [0.5, 0.6) is 5.75 Å². The van der Waals surface area contributed by atoms with Crippen molar-refractivity contribution in [1.29, 1.82) is 0 Å². The number of methoxy groups -OCH3 is 1. The van der Waals surface area contributed by atoms with Gasteiger partial charge in [-0.1, -0.05) is 0 Å². The lowest BCUT2D eigenvalue weighted by Crippen LogP contribution is -2.50. The normalized spacial score (nSPS) is 22.1. The van der Waals surface area contributed by atoms with Gasteiger partial charge in [0.15, 0.2) is 0 Å². The van der Waals surface area contributed by atoms with Crippen molar-refractivity contribution >= 4 is 23.6 Å². The molecule has 2 fully saturated rings. The predicted molar refractivity (Wildman–Crippen MR) is 103 cm³/mol. The van der Waals surface area contributed by atoms with E-state index in [1.807, 2.05) is 12.1 Å². The number of anilines is 1. The number of carbonyl (C=O) groups is 3. The van der Waals surface area contributed by atoms with E-state index in [2.05, 4.69) is 5.32 Å². The molecule has 8 nitrogen and oxygen atoms in total. The van der Waals surface area contributed by atoms with Crippen LogP contribution in [-0.2, 0) is 14.3 Å². The average Bonchev–Trinajstić information content (AvgIpc) is 3.08. The van der Waals surface area contributed by atoms with Gasteiger partial charge in [0, 0.05) is 31.7 Å². The molecule has 152 valence electrons. The fraction of sp³-hybridized carbons (Fsp3) is 0.550. The molecule has 0 aromatic heterocycles. The third kappa shape index (κ3) is 4.55. The van der Waals surface area contributed by atoms with E-state index in [9.17, 15) is 14.4 Å². The highest BCUT2D eigenvalue weighted by molar-refractivity contribution is 5.96. The van der Waals surface area contributed by atoms with E-state index in [4.69, 9.17) is 9.47 Å². The Hall–Kier alpha value is -2.77. The molecule has 2 saturated heterocycles. The van der Waals surface area contributed by atoms with E-state index in [0.29, 0.717) is 26.2 Å². The predicted octanol–water partition coefficient (Wildman–Crippen LogP) is 1.79. The molecule has 1 aromatic carbocycles. The van der Waals surface area contributed by atoms with Crippen LogP contribution in [0.15, 0.2) is 24.3 Å². The molecule has 0 saturated carbocycles. The van der Waals surface area contributed by atoms with Gasteiger partial charge in [-0.3, -0.25) is 9.59 Å². The van der Waals surface area contributed by atoms with Crippen molar-refractivity contribution in [2.24, 2.45) is 5.92 Å². The Balaban J connectivity index is 1.55. The molecule has 0 bridgehead atoms. The molecular formula is C20H27N3O5. The van der Waals surface area contributed by atoms with Gasteiger partial charge in [0.1, 0.15) is 5.75 Å². The number of amides is 3. The van der Waals surface area contributed by atoms with Gasteiger partial charge in [-0.05, 0) is 44.0 Å². The number of piperidine rings is 1. The Labute approximate surface area is 164 Å². The first-order chi connectivity index (χ1) is 13.5. The molecule has 28 heavy (non-hydrogen) atoms. The van der Waals surface area contributed by atoms with Crippen LogP contribution in [0, 0.1) is 5.92 Å². The molecule has 2 aliphatic rings. The van der Waals surface area contributed by atoms with Gasteiger partial charge in [0.2, 0.25) is 5.91 Å². The molecule has 0 unspecified atom stereocenters. The summed E-state index contributed by atoms with van der Waals surface area (Å²) in [6.07, 6.45) is 1.75. The number of esters is 1. The summed E-state index contributed by atoms with van der Waals surface area (Å²) in [5.74, 6) is 0.169. The van der Waals surface area contributed by atoms with Crippen molar-refractivity contribution in [3.63, 3.8) is 0 Å². The van der Waals surface area contributed by atoms with E-state index < -0.39 is 0 Å². The third-order valence-corrected chi connectivity index (χ3v) is 5.17. The largest absolute Gasteiger partial charge is 0.497 e. The number of urea groups is 1. The van der Waals surface area contributed by atoms with Crippen molar-refractivity contribution in [3.05, 3.63) is 24.3 Å². The van der Waals surface area contributed by atoms with Crippen molar-refractivity contribution in [1.82, 2.24) is 10.2 Å². The number of ether oxygens (including phenoxy) is 2. The first kappa shape index (κ1) is 20.0. The monoisotopic (exact) mass is 389 g/mol. The Morgan fingerprint density at radius 2 is 1.96 bits per heavy atom. The van der Waals surface area contributed by atoms with E-state index in [0.717, 1.165) is 24.3 Å². The van der Waals surface area contributed by atoms with Gasteiger partial charge in [-0.15, -0.1) is 0 Å². The third-order valence-electron chi connectivity index (χ3n) is 5.17. The van der Waals surface area contributed by atoms with Crippen LogP contribution < -0.4 is 15.0 Å². The Morgan fingerprint density at radius 3 is 2.64 bits per heavy atom. The second kappa shape index (κ2) is 8.95. The molecule has 2 aliphatic heterocycles. The summed E-state index contributed by atoms with van der Waals surface area (Å²) in [5, 5.41) is 2.94. The van der Waals surface area contributed by atoms with Crippen LogP contribution in [0.1, 0.15) is 26.2 Å². The van der Waals surface area contributed by atoms with Gasteiger partial charge in [0.05, 0.1) is 25.7 Å². The number of hydrogen-bond donors (Lipinski definition) is 1. The molecule has 3 amide bonds. The lowest BCUT2D eigenvalue weighted by atomic mass is 9.98. The number of likely N-dealkylation sites (tertiary alicyclic amines) is 1. The quantitative estimate of drug-likeness (QED) is 0.776.